The number of likely N-dealkylation sites (tertiary alicyclic amines) is 1. The van der Waals surface area contributed by atoms with Crippen LogP contribution in [0.3, 0.4) is 0 Å². The van der Waals surface area contributed by atoms with Gasteiger partial charge in [-0.05, 0) is 49.9 Å². The lowest BCUT2D eigenvalue weighted by atomic mass is 9.75. The highest BCUT2D eigenvalue weighted by molar-refractivity contribution is 5.14. The van der Waals surface area contributed by atoms with E-state index in [4.69, 9.17) is 0 Å². The predicted molar refractivity (Wildman–Crippen MR) is 82.3 cm³/mol. The highest BCUT2D eigenvalue weighted by Crippen LogP contribution is 2.36. The maximum atomic E-state index is 4.61. The quantitative estimate of drug-likeness (QED) is 0.914. The highest BCUT2D eigenvalue weighted by atomic mass is 15.1. The fourth-order valence-corrected chi connectivity index (χ4v) is 3.91. The SMILES string of the molecule is CNCc1ccc(CN2CCC3CCCCC3C2)nc1. The molecule has 3 rings (SSSR count). The van der Waals surface area contributed by atoms with E-state index in [0.29, 0.717) is 0 Å². The van der Waals surface area contributed by atoms with Crippen LogP contribution in [-0.4, -0.2) is 30.0 Å². The average Bonchev–Trinajstić information content (AvgIpc) is 2.49. The van der Waals surface area contributed by atoms with Crippen LogP contribution in [0.1, 0.15) is 43.4 Å². The van der Waals surface area contributed by atoms with Crippen molar-refractivity contribution < 1.29 is 0 Å². The standard InChI is InChI=1S/C17H27N3/c1-18-10-14-6-7-17(19-11-14)13-20-9-8-15-4-2-3-5-16(15)12-20/h6-7,11,15-16,18H,2-5,8-10,12-13H2,1H3. The van der Waals surface area contributed by atoms with Crippen LogP contribution in [0.2, 0.25) is 0 Å². The second-order valence-corrected chi connectivity index (χ2v) is 6.52. The minimum atomic E-state index is 0.904. The molecule has 2 unspecified atom stereocenters. The largest absolute Gasteiger partial charge is 0.316 e. The van der Waals surface area contributed by atoms with Gasteiger partial charge in [0.25, 0.3) is 0 Å². The molecule has 0 amide bonds. The van der Waals surface area contributed by atoms with Crippen molar-refractivity contribution in [2.45, 2.75) is 45.2 Å². The smallest absolute Gasteiger partial charge is 0.0544 e. The number of aromatic nitrogens is 1. The van der Waals surface area contributed by atoms with E-state index in [1.54, 1.807) is 0 Å². The Morgan fingerprint density at radius 1 is 1.20 bits per heavy atom. The normalized spacial score (nSPS) is 27.2. The summed E-state index contributed by atoms with van der Waals surface area (Å²) in [6.45, 7) is 4.50. The van der Waals surface area contributed by atoms with E-state index in [9.17, 15) is 0 Å². The molecule has 20 heavy (non-hydrogen) atoms. The molecular weight excluding hydrogens is 246 g/mol. The van der Waals surface area contributed by atoms with Gasteiger partial charge in [0.05, 0.1) is 5.69 Å². The van der Waals surface area contributed by atoms with Gasteiger partial charge in [-0.1, -0.05) is 25.3 Å². The molecule has 1 aromatic heterocycles. The topological polar surface area (TPSA) is 28.2 Å². The van der Waals surface area contributed by atoms with Crippen LogP contribution in [0.5, 0.6) is 0 Å². The first-order valence-electron chi connectivity index (χ1n) is 8.16. The van der Waals surface area contributed by atoms with E-state index in [1.165, 1.54) is 56.5 Å². The molecule has 0 bridgehead atoms. The van der Waals surface area contributed by atoms with Crippen molar-refractivity contribution in [2.24, 2.45) is 11.8 Å². The van der Waals surface area contributed by atoms with Gasteiger partial charge in [-0.2, -0.15) is 0 Å². The summed E-state index contributed by atoms with van der Waals surface area (Å²) in [6, 6.07) is 4.39. The number of fused-ring (bicyclic) bond motifs is 1. The van der Waals surface area contributed by atoms with Gasteiger partial charge in [-0.25, -0.2) is 0 Å². The predicted octanol–water partition coefficient (Wildman–Crippen LogP) is 2.81. The van der Waals surface area contributed by atoms with Gasteiger partial charge in [0.1, 0.15) is 0 Å². The number of hydrogen-bond donors (Lipinski definition) is 1. The summed E-state index contributed by atoms with van der Waals surface area (Å²) in [5, 5.41) is 3.17. The molecule has 3 heteroatoms. The van der Waals surface area contributed by atoms with Crippen LogP contribution in [-0.2, 0) is 13.1 Å². The Bertz CT molecular complexity index is 415. The van der Waals surface area contributed by atoms with E-state index in [0.717, 1.165) is 24.9 Å². The molecule has 2 atom stereocenters. The minimum absolute atomic E-state index is 0.904. The molecule has 1 saturated heterocycles. The van der Waals surface area contributed by atoms with Crippen LogP contribution in [0.25, 0.3) is 0 Å². The average molecular weight is 273 g/mol. The molecule has 0 radical (unpaired) electrons. The Hall–Kier alpha value is -0.930. The monoisotopic (exact) mass is 273 g/mol. The lowest BCUT2D eigenvalue weighted by Crippen LogP contribution is -2.41. The third kappa shape index (κ3) is 3.39. The van der Waals surface area contributed by atoms with Crippen molar-refractivity contribution in [1.82, 2.24) is 15.2 Å². The summed E-state index contributed by atoms with van der Waals surface area (Å²) in [7, 11) is 1.97. The van der Waals surface area contributed by atoms with E-state index in [2.05, 4.69) is 27.3 Å². The van der Waals surface area contributed by atoms with Crippen molar-refractivity contribution in [3.63, 3.8) is 0 Å². The number of nitrogens with one attached hydrogen (secondary N) is 1. The summed E-state index contributed by atoms with van der Waals surface area (Å²) in [5.41, 5.74) is 2.49. The summed E-state index contributed by atoms with van der Waals surface area (Å²) in [5.74, 6) is 1.98. The van der Waals surface area contributed by atoms with Crippen molar-refractivity contribution in [1.29, 1.82) is 0 Å². The van der Waals surface area contributed by atoms with E-state index in [-0.39, 0.29) is 0 Å². The van der Waals surface area contributed by atoms with E-state index >= 15 is 0 Å². The molecular formula is C17H27N3. The Balaban J connectivity index is 1.55. The van der Waals surface area contributed by atoms with E-state index in [1.807, 2.05) is 13.2 Å². The van der Waals surface area contributed by atoms with Gasteiger partial charge in [0, 0.05) is 25.8 Å². The van der Waals surface area contributed by atoms with E-state index < -0.39 is 0 Å². The summed E-state index contributed by atoms with van der Waals surface area (Å²) in [4.78, 5) is 7.23. The zero-order valence-electron chi connectivity index (χ0n) is 12.6. The first kappa shape index (κ1) is 14.0. The first-order valence-corrected chi connectivity index (χ1v) is 8.16. The van der Waals surface area contributed by atoms with Crippen LogP contribution >= 0.6 is 0 Å². The summed E-state index contributed by atoms with van der Waals surface area (Å²) >= 11 is 0. The molecule has 0 spiro atoms. The number of piperidine rings is 1. The van der Waals surface area contributed by atoms with Crippen molar-refractivity contribution in [3.8, 4) is 0 Å². The van der Waals surface area contributed by atoms with Crippen LogP contribution < -0.4 is 5.32 Å². The second-order valence-electron chi connectivity index (χ2n) is 6.52. The third-order valence-corrected chi connectivity index (χ3v) is 5.03. The maximum Gasteiger partial charge on any atom is 0.0544 e. The summed E-state index contributed by atoms with van der Waals surface area (Å²) < 4.78 is 0. The molecule has 2 aliphatic rings. The maximum absolute atomic E-state index is 4.61. The van der Waals surface area contributed by atoms with Gasteiger partial charge in [0.2, 0.25) is 0 Å². The van der Waals surface area contributed by atoms with Gasteiger partial charge >= 0.3 is 0 Å². The van der Waals surface area contributed by atoms with Crippen molar-refractivity contribution in [3.05, 3.63) is 29.6 Å². The van der Waals surface area contributed by atoms with Gasteiger partial charge in [0.15, 0.2) is 0 Å². The first-order chi connectivity index (χ1) is 9.85. The molecule has 1 aliphatic carbocycles. The van der Waals surface area contributed by atoms with Gasteiger partial charge in [-0.3, -0.25) is 9.88 Å². The number of rotatable bonds is 4. The molecule has 3 nitrogen and oxygen atoms in total. The van der Waals surface area contributed by atoms with Crippen LogP contribution in [0.15, 0.2) is 18.3 Å². The molecule has 2 fully saturated rings. The Kier molecular flexibility index (Phi) is 4.69. The fourth-order valence-electron chi connectivity index (χ4n) is 3.91. The number of pyridine rings is 1. The van der Waals surface area contributed by atoms with Crippen LogP contribution in [0, 0.1) is 11.8 Å². The fraction of sp³-hybridized carbons (Fsp3) is 0.706. The zero-order chi connectivity index (χ0) is 13.8. The molecule has 1 saturated carbocycles. The minimum Gasteiger partial charge on any atom is -0.316 e. The zero-order valence-corrected chi connectivity index (χ0v) is 12.6. The molecule has 1 aliphatic heterocycles. The summed E-state index contributed by atoms with van der Waals surface area (Å²) in [6.07, 6.45) is 9.27. The molecule has 2 heterocycles. The number of hydrogen-bond acceptors (Lipinski definition) is 3. The lowest BCUT2D eigenvalue weighted by molar-refractivity contribution is 0.0812. The van der Waals surface area contributed by atoms with Crippen molar-refractivity contribution in [2.75, 3.05) is 20.1 Å². The molecule has 110 valence electrons. The van der Waals surface area contributed by atoms with Crippen LogP contribution in [0.4, 0.5) is 0 Å². The molecule has 1 aromatic rings. The van der Waals surface area contributed by atoms with Gasteiger partial charge in [-0.15, -0.1) is 0 Å². The third-order valence-electron chi connectivity index (χ3n) is 5.03. The Morgan fingerprint density at radius 3 is 2.80 bits per heavy atom. The number of nitrogens with zero attached hydrogens (tertiary/aromatic N) is 2. The Labute approximate surface area is 122 Å². The Morgan fingerprint density at radius 2 is 2.05 bits per heavy atom. The van der Waals surface area contributed by atoms with Gasteiger partial charge < -0.3 is 5.32 Å². The molecule has 0 aromatic carbocycles. The van der Waals surface area contributed by atoms with Crippen molar-refractivity contribution >= 4 is 0 Å². The second kappa shape index (κ2) is 6.68. The lowest BCUT2D eigenvalue weighted by Gasteiger charge is -2.41. The molecule has 1 N–H and O–H groups in total. The highest BCUT2D eigenvalue weighted by Gasteiger charge is 2.30.